The van der Waals surface area contributed by atoms with E-state index in [2.05, 4.69) is 32.2 Å². The van der Waals surface area contributed by atoms with Crippen LogP contribution in [0.1, 0.15) is 45.2 Å². The van der Waals surface area contributed by atoms with Crippen molar-refractivity contribution in [3.8, 4) is 0 Å². The summed E-state index contributed by atoms with van der Waals surface area (Å²) in [6, 6.07) is 6.27. The van der Waals surface area contributed by atoms with Gasteiger partial charge in [0, 0.05) is 6.04 Å². The normalized spacial score (nSPS) is 13.1. The lowest BCUT2D eigenvalue weighted by molar-refractivity contribution is 0.430. The van der Waals surface area contributed by atoms with Gasteiger partial charge in [0.15, 0.2) is 0 Å². The molecule has 1 aromatic rings. The van der Waals surface area contributed by atoms with Crippen LogP contribution in [0.5, 0.6) is 0 Å². The van der Waals surface area contributed by atoms with Crippen LogP contribution in [0.25, 0.3) is 0 Å². The molecule has 0 aromatic heterocycles. The molecular weight excluding hydrogens is 253 g/mol. The third-order valence-electron chi connectivity index (χ3n) is 2.69. The third-order valence-corrected chi connectivity index (χ3v) is 3.43. The van der Waals surface area contributed by atoms with Crippen LogP contribution < -0.4 is 5.32 Å². The van der Waals surface area contributed by atoms with Crippen LogP contribution in [-0.2, 0) is 0 Å². The zero-order valence-corrected chi connectivity index (χ0v) is 12.3. The molecule has 0 fully saturated rings. The van der Waals surface area contributed by atoms with E-state index in [1.165, 1.54) is 5.56 Å². The van der Waals surface area contributed by atoms with Crippen molar-refractivity contribution in [2.24, 2.45) is 5.92 Å². The van der Waals surface area contributed by atoms with Crippen molar-refractivity contribution < 1.29 is 0 Å². The summed E-state index contributed by atoms with van der Waals surface area (Å²) in [7, 11) is 0. The Kier molecular flexibility index (Phi) is 6.32. The minimum atomic E-state index is 0.365. The van der Waals surface area contributed by atoms with Crippen molar-refractivity contribution in [1.82, 2.24) is 5.32 Å². The van der Waals surface area contributed by atoms with Crippen LogP contribution in [0.3, 0.4) is 0 Å². The van der Waals surface area contributed by atoms with Gasteiger partial charge in [-0.15, -0.1) is 0 Å². The van der Waals surface area contributed by atoms with E-state index in [-0.39, 0.29) is 0 Å². The smallest absolute Gasteiger partial charge is 0.0595 e. The minimum Gasteiger partial charge on any atom is -0.310 e. The van der Waals surface area contributed by atoms with Crippen LogP contribution in [0.2, 0.25) is 10.0 Å². The number of rotatable bonds is 6. The average molecular weight is 274 g/mol. The van der Waals surface area contributed by atoms with Crippen LogP contribution in [0.15, 0.2) is 18.2 Å². The van der Waals surface area contributed by atoms with Crippen molar-refractivity contribution in [1.29, 1.82) is 0 Å². The lowest BCUT2D eigenvalue weighted by Crippen LogP contribution is -2.23. The molecule has 1 aromatic carbocycles. The average Bonchev–Trinajstić information content (AvgIpc) is 2.27. The second-order valence-corrected chi connectivity index (χ2v) is 5.62. The lowest BCUT2D eigenvalue weighted by Gasteiger charge is -2.21. The fraction of sp³-hybridized carbons (Fsp3) is 0.571. The summed E-state index contributed by atoms with van der Waals surface area (Å²) in [6.45, 7) is 7.67. The highest BCUT2D eigenvalue weighted by molar-refractivity contribution is 6.42. The molecule has 0 saturated carbocycles. The highest BCUT2D eigenvalue weighted by Crippen LogP contribution is 2.28. The molecule has 1 rings (SSSR count). The Bertz CT molecular complexity index is 350. The van der Waals surface area contributed by atoms with E-state index in [9.17, 15) is 0 Å². The van der Waals surface area contributed by atoms with E-state index < -0.39 is 0 Å². The van der Waals surface area contributed by atoms with Crippen molar-refractivity contribution in [3.63, 3.8) is 0 Å². The van der Waals surface area contributed by atoms with E-state index in [0.717, 1.165) is 19.4 Å². The largest absolute Gasteiger partial charge is 0.310 e. The Labute approximate surface area is 115 Å². The van der Waals surface area contributed by atoms with Crippen molar-refractivity contribution in [2.45, 2.75) is 39.7 Å². The Morgan fingerprint density at radius 3 is 2.41 bits per heavy atom. The van der Waals surface area contributed by atoms with E-state index in [0.29, 0.717) is 22.0 Å². The molecule has 0 aliphatic carbocycles. The first kappa shape index (κ1) is 14.8. The highest BCUT2D eigenvalue weighted by Gasteiger charge is 2.13. The van der Waals surface area contributed by atoms with Crippen LogP contribution in [0, 0.1) is 5.92 Å². The molecule has 0 saturated heterocycles. The van der Waals surface area contributed by atoms with E-state index in [1.807, 2.05) is 12.1 Å². The van der Waals surface area contributed by atoms with Gasteiger partial charge in [-0.1, -0.05) is 50.0 Å². The summed E-state index contributed by atoms with van der Waals surface area (Å²) in [5.74, 6) is 0.652. The monoisotopic (exact) mass is 273 g/mol. The molecule has 0 aliphatic heterocycles. The molecule has 0 bridgehead atoms. The summed E-state index contributed by atoms with van der Waals surface area (Å²) < 4.78 is 0. The summed E-state index contributed by atoms with van der Waals surface area (Å²) in [4.78, 5) is 0. The summed E-state index contributed by atoms with van der Waals surface area (Å²) in [6.07, 6.45) is 2.24. The Morgan fingerprint density at radius 1 is 1.18 bits per heavy atom. The second-order valence-electron chi connectivity index (χ2n) is 4.81. The van der Waals surface area contributed by atoms with Gasteiger partial charge in [0.1, 0.15) is 0 Å². The van der Waals surface area contributed by atoms with Crippen molar-refractivity contribution >= 4 is 23.2 Å². The fourth-order valence-electron chi connectivity index (χ4n) is 1.86. The quantitative estimate of drug-likeness (QED) is 0.762. The number of benzene rings is 1. The maximum atomic E-state index is 6.07. The molecule has 1 nitrogen and oxygen atoms in total. The lowest BCUT2D eigenvalue weighted by atomic mass is 9.97. The van der Waals surface area contributed by atoms with E-state index >= 15 is 0 Å². The molecule has 0 heterocycles. The zero-order valence-electron chi connectivity index (χ0n) is 10.8. The van der Waals surface area contributed by atoms with Gasteiger partial charge in [0.25, 0.3) is 0 Å². The first-order valence-electron chi connectivity index (χ1n) is 6.23. The molecule has 0 aliphatic rings. The third kappa shape index (κ3) is 4.87. The van der Waals surface area contributed by atoms with Crippen molar-refractivity contribution in [2.75, 3.05) is 6.54 Å². The van der Waals surface area contributed by atoms with Crippen LogP contribution in [-0.4, -0.2) is 6.54 Å². The molecule has 96 valence electrons. The minimum absolute atomic E-state index is 0.365. The van der Waals surface area contributed by atoms with Gasteiger partial charge >= 0.3 is 0 Å². The maximum absolute atomic E-state index is 6.07. The maximum Gasteiger partial charge on any atom is 0.0595 e. The molecular formula is C14H21Cl2N. The van der Waals surface area contributed by atoms with E-state index in [4.69, 9.17) is 23.2 Å². The molecule has 0 amide bonds. The van der Waals surface area contributed by atoms with Gasteiger partial charge < -0.3 is 5.32 Å². The summed E-state index contributed by atoms with van der Waals surface area (Å²) in [5.41, 5.74) is 1.22. The SMILES string of the molecule is CCCNC(CC(C)C)c1ccc(Cl)c(Cl)c1. The van der Waals surface area contributed by atoms with Gasteiger partial charge in [-0.05, 0) is 43.0 Å². The number of halogens is 2. The van der Waals surface area contributed by atoms with Gasteiger partial charge in [0.05, 0.1) is 10.0 Å². The molecule has 0 spiro atoms. The first-order valence-corrected chi connectivity index (χ1v) is 6.98. The summed E-state index contributed by atoms with van der Waals surface area (Å²) in [5, 5.41) is 4.82. The molecule has 0 radical (unpaired) electrons. The molecule has 1 unspecified atom stereocenters. The number of hydrogen-bond donors (Lipinski definition) is 1. The van der Waals surface area contributed by atoms with Crippen LogP contribution in [0.4, 0.5) is 0 Å². The standard InChI is InChI=1S/C14H21Cl2N/c1-4-7-17-14(8-10(2)3)11-5-6-12(15)13(16)9-11/h5-6,9-10,14,17H,4,7-8H2,1-3H3. The zero-order chi connectivity index (χ0) is 12.8. The Balaban J connectivity index is 2.83. The Morgan fingerprint density at radius 2 is 1.88 bits per heavy atom. The van der Waals surface area contributed by atoms with Gasteiger partial charge in [0.2, 0.25) is 0 Å². The fourth-order valence-corrected chi connectivity index (χ4v) is 2.16. The highest BCUT2D eigenvalue weighted by atomic mass is 35.5. The Hall–Kier alpha value is -0.240. The predicted octanol–water partition coefficient (Wildman–Crippen LogP) is 5.08. The number of nitrogens with one attached hydrogen (secondary N) is 1. The first-order chi connectivity index (χ1) is 8.04. The molecule has 1 N–H and O–H groups in total. The van der Waals surface area contributed by atoms with Gasteiger partial charge in [-0.25, -0.2) is 0 Å². The molecule has 3 heteroatoms. The molecule has 1 atom stereocenters. The van der Waals surface area contributed by atoms with Crippen molar-refractivity contribution in [3.05, 3.63) is 33.8 Å². The number of hydrogen-bond acceptors (Lipinski definition) is 1. The summed E-state index contributed by atoms with van der Waals surface area (Å²) >= 11 is 12.0. The van der Waals surface area contributed by atoms with E-state index in [1.54, 1.807) is 0 Å². The van der Waals surface area contributed by atoms with Crippen LogP contribution >= 0.6 is 23.2 Å². The van der Waals surface area contributed by atoms with Gasteiger partial charge in [-0.3, -0.25) is 0 Å². The second kappa shape index (κ2) is 7.25. The topological polar surface area (TPSA) is 12.0 Å². The molecule has 17 heavy (non-hydrogen) atoms. The van der Waals surface area contributed by atoms with Gasteiger partial charge in [-0.2, -0.15) is 0 Å². The predicted molar refractivity (Wildman–Crippen MR) is 77.0 cm³/mol.